The lowest BCUT2D eigenvalue weighted by atomic mass is 9.98. The van der Waals surface area contributed by atoms with Crippen molar-refractivity contribution in [1.29, 1.82) is 5.41 Å². The van der Waals surface area contributed by atoms with Gasteiger partial charge in [0.05, 0.1) is 23.5 Å². The molecular formula is C28H33N7O2. The van der Waals surface area contributed by atoms with Crippen LogP contribution in [0.3, 0.4) is 0 Å². The van der Waals surface area contributed by atoms with E-state index < -0.39 is 0 Å². The molecular weight excluding hydrogens is 466 g/mol. The summed E-state index contributed by atoms with van der Waals surface area (Å²) < 4.78 is 5.88. The summed E-state index contributed by atoms with van der Waals surface area (Å²) in [6.07, 6.45) is 4.06. The molecule has 9 heteroatoms. The van der Waals surface area contributed by atoms with Gasteiger partial charge in [-0.25, -0.2) is 9.97 Å². The third kappa shape index (κ3) is 5.41. The average Bonchev–Trinajstić information content (AvgIpc) is 3.19. The Labute approximate surface area is 217 Å². The first-order valence-corrected chi connectivity index (χ1v) is 12.7. The van der Waals surface area contributed by atoms with E-state index in [0.29, 0.717) is 35.2 Å². The van der Waals surface area contributed by atoms with Crippen molar-refractivity contribution in [3.05, 3.63) is 72.1 Å². The Hall–Kier alpha value is -3.98. The van der Waals surface area contributed by atoms with E-state index in [1.807, 2.05) is 54.6 Å². The number of para-hydroxylation sites is 1. The summed E-state index contributed by atoms with van der Waals surface area (Å²) in [5.41, 5.74) is 7.64. The minimum atomic E-state index is -0.112. The van der Waals surface area contributed by atoms with Gasteiger partial charge in [-0.2, -0.15) is 0 Å². The van der Waals surface area contributed by atoms with Crippen LogP contribution in [0.4, 0.5) is 11.6 Å². The van der Waals surface area contributed by atoms with Gasteiger partial charge in [-0.15, -0.1) is 0 Å². The first-order chi connectivity index (χ1) is 17.9. The molecule has 37 heavy (non-hydrogen) atoms. The molecule has 0 saturated carbocycles. The quantitative estimate of drug-likeness (QED) is 0.345. The Morgan fingerprint density at radius 3 is 2.59 bits per heavy atom. The van der Waals surface area contributed by atoms with Crippen LogP contribution in [0.15, 0.2) is 60.9 Å². The molecule has 0 spiro atoms. The Bertz CT molecular complexity index is 1260. The lowest BCUT2D eigenvalue weighted by molar-refractivity contribution is -0.121. The third-order valence-electron chi connectivity index (χ3n) is 6.92. The minimum absolute atomic E-state index is 0.0705. The number of anilines is 2. The van der Waals surface area contributed by atoms with Gasteiger partial charge in [0.2, 0.25) is 5.91 Å². The summed E-state index contributed by atoms with van der Waals surface area (Å²) in [7, 11) is 0. The van der Waals surface area contributed by atoms with Gasteiger partial charge in [-0.05, 0) is 61.6 Å². The van der Waals surface area contributed by atoms with Crippen molar-refractivity contribution in [3.8, 4) is 11.5 Å². The molecule has 2 fully saturated rings. The summed E-state index contributed by atoms with van der Waals surface area (Å²) >= 11 is 0. The number of carbonyl (C=O) groups excluding carboxylic acids is 1. The Morgan fingerprint density at radius 1 is 1.14 bits per heavy atom. The molecule has 1 amide bonds. The molecule has 3 atom stereocenters. The van der Waals surface area contributed by atoms with Crippen LogP contribution in [-0.2, 0) is 4.79 Å². The Kier molecular flexibility index (Phi) is 7.05. The van der Waals surface area contributed by atoms with Crippen LogP contribution in [0.5, 0.6) is 11.5 Å². The molecule has 3 unspecified atom stereocenters. The van der Waals surface area contributed by atoms with Crippen molar-refractivity contribution in [3.63, 3.8) is 0 Å². The topological polar surface area (TPSA) is 129 Å². The van der Waals surface area contributed by atoms with Crippen LogP contribution < -0.4 is 21.1 Å². The lowest BCUT2D eigenvalue weighted by Crippen LogP contribution is -2.50. The first kappa shape index (κ1) is 24.7. The van der Waals surface area contributed by atoms with Crippen LogP contribution in [-0.4, -0.2) is 51.3 Å². The van der Waals surface area contributed by atoms with Gasteiger partial charge in [0.1, 0.15) is 29.5 Å². The number of hydrogen-bond acceptors (Lipinski definition) is 8. The molecule has 2 aliphatic heterocycles. The number of piperidine rings is 1. The van der Waals surface area contributed by atoms with Crippen LogP contribution >= 0.6 is 0 Å². The summed E-state index contributed by atoms with van der Waals surface area (Å²) in [4.78, 5) is 23.4. The summed E-state index contributed by atoms with van der Waals surface area (Å²) in [5, 5.41) is 15.6. The van der Waals surface area contributed by atoms with Crippen molar-refractivity contribution in [2.24, 2.45) is 5.92 Å². The predicted molar refractivity (Wildman–Crippen MR) is 144 cm³/mol. The fraction of sp³-hybridized carbons (Fsp3) is 0.357. The van der Waals surface area contributed by atoms with E-state index in [4.69, 9.17) is 15.9 Å². The summed E-state index contributed by atoms with van der Waals surface area (Å²) in [5.74, 6) is 2.76. The van der Waals surface area contributed by atoms with E-state index in [9.17, 15) is 4.79 Å². The summed E-state index contributed by atoms with van der Waals surface area (Å²) in [6, 6.07) is 16.8. The summed E-state index contributed by atoms with van der Waals surface area (Å²) in [6.45, 7) is 4.99. The molecule has 2 aliphatic rings. The normalized spacial score (nSPS) is 21.4. The highest BCUT2D eigenvalue weighted by Gasteiger charge is 2.43. The molecule has 1 aromatic heterocycles. The average molecular weight is 500 g/mol. The van der Waals surface area contributed by atoms with Crippen molar-refractivity contribution < 1.29 is 9.53 Å². The maximum absolute atomic E-state index is 12.6. The molecule has 0 bridgehead atoms. The van der Waals surface area contributed by atoms with Crippen LogP contribution in [0.1, 0.15) is 44.2 Å². The minimum Gasteiger partial charge on any atom is -0.457 e. The maximum atomic E-state index is 12.6. The van der Waals surface area contributed by atoms with Gasteiger partial charge >= 0.3 is 0 Å². The standard InChI is InChI=1S/C28H33N7O2/c1-17(2)14-22-28(36)34-23-13-10-19(15-35(22)23)33-27-24(26(30)31-16-32-27)25(29)18-8-11-21(12-9-18)37-20-6-4-3-5-7-20/h3-9,11-12,16-17,19,22-23,29H,10,13-15H2,1-2H3,(H,34,36)(H3,30,31,32,33). The molecule has 192 valence electrons. The number of nitrogens with zero attached hydrogens (tertiary/aromatic N) is 3. The number of nitrogen functional groups attached to an aromatic ring is 1. The number of hydrogen-bond donors (Lipinski definition) is 4. The Balaban J connectivity index is 1.32. The third-order valence-corrected chi connectivity index (χ3v) is 6.92. The molecule has 5 N–H and O–H groups in total. The Morgan fingerprint density at radius 2 is 1.86 bits per heavy atom. The highest BCUT2D eigenvalue weighted by atomic mass is 16.5. The van der Waals surface area contributed by atoms with E-state index >= 15 is 0 Å². The molecule has 2 saturated heterocycles. The van der Waals surface area contributed by atoms with Gasteiger partial charge in [0.25, 0.3) is 0 Å². The van der Waals surface area contributed by atoms with Gasteiger partial charge in [0.15, 0.2) is 0 Å². The van der Waals surface area contributed by atoms with Crippen molar-refractivity contribution in [2.45, 2.75) is 51.4 Å². The largest absolute Gasteiger partial charge is 0.457 e. The zero-order chi connectivity index (χ0) is 25.9. The fourth-order valence-corrected chi connectivity index (χ4v) is 5.12. The molecule has 0 aliphatic carbocycles. The first-order valence-electron chi connectivity index (χ1n) is 12.7. The number of aromatic nitrogens is 2. The number of nitrogens with two attached hydrogens (primary N) is 1. The van der Waals surface area contributed by atoms with Gasteiger partial charge in [0, 0.05) is 18.2 Å². The predicted octanol–water partition coefficient (Wildman–Crippen LogP) is 4.01. The lowest BCUT2D eigenvalue weighted by Gasteiger charge is -2.37. The second-order valence-electron chi connectivity index (χ2n) is 10.1. The van der Waals surface area contributed by atoms with Crippen LogP contribution in [0, 0.1) is 11.3 Å². The number of ether oxygens (including phenoxy) is 1. The fourth-order valence-electron chi connectivity index (χ4n) is 5.12. The van der Waals surface area contributed by atoms with E-state index in [0.717, 1.165) is 25.0 Å². The van der Waals surface area contributed by atoms with E-state index in [1.54, 1.807) is 0 Å². The molecule has 0 radical (unpaired) electrons. The van der Waals surface area contributed by atoms with E-state index in [-0.39, 0.29) is 35.7 Å². The second-order valence-corrected chi connectivity index (χ2v) is 10.1. The monoisotopic (exact) mass is 499 g/mol. The van der Waals surface area contributed by atoms with Gasteiger partial charge < -0.3 is 21.1 Å². The van der Waals surface area contributed by atoms with Crippen molar-refractivity contribution in [1.82, 2.24) is 20.2 Å². The molecule has 9 nitrogen and oxygen atoms in total. The molecule has 3 aromatic rings. The van der Waals surface area contributed by atoms with E-state index in [2.05, 4.69) is 39.3 Å². The van der Waals surface area contributed by atoms with Crippen molar-refractivity contribution >= 4 is 23.3 Å². The SMILES string of the molecule is CC(C)CC1C(=O)NC2CCC(Nc3ncnc(N)c3C(=N)c3ccc(Oc4ccccc4)cc3)CN21. The van der Waals surface area contributed by atoms with Gasteiger partial charge in [-0.3, -0.25) is 15.1 Å². The van der Waals surface area contributed by atoms with Crippen molar-refractivity contribution in [2.75, 3.05) is 17.6 Å². The zero-order valence-corrected chi connectivity index (χ0v) is 21.1. The van der Waals surface area contributed by atoms with Gasteiger partial charge in [-0.1, -0.05) is 32.0 Å². The van der Waals surface area contributed by atoms with E-state index in [1.165, 1.54) is 6.33 Å². The number of amides is 1. The molecule has 5 rings (SSSR count). The maximum Gasteiger partial charge on any atom is 0.238 e. The number of benzene rings is 2. The number of carbonyl (C=O) groups is 1. The zero-order valence-electron chi connectivity index (χ0n) is 21.1. The molecule has 3 heterocycles. The highest BCUT2D eigenvalue weighted by Crippen LogP contribution is 2.30. The number of rotatable bonds is 8. The number of nitrogens with one attached hydrogen (secondary N) is 3. The molecule has 2 aromatic carbocycles. The second kappa shape index (κ2) is 10.6. The van der Waals surface area contributed by atoms with Crippen LogP contribution in [0.2, 0.25) is 0 Å². The highest BCUT2D eigenvalue weighted by molar-refractivity contribution is 6.16. The smallest absolute Gasteiger partial charge is 0.238 e. The number of fused-ring (bicyclic) bond motifs is 1. The van der Waals surface area contributed by atoms with Crippen LogP contribution in [0.25, 0.3) is 0 Å².